The highest BCUT2D eigenvalue weighted by Gasteiger charge is 2.43. The van der Waals surface area contributed by atoms with Crippen LogP contribution in [0.15, 0.2) is 18.2 Å². The SMILES string of the molecule is Cc1ccc(NC(=O)[C@H]2C[C@H]3CC[C@@H]2C3)c(C)c1. The van der Waals surface area contributed by atoms with Crippen molar-refractivity contribution in [2.75, 3.05) is 5.32 Å². The number of aryl methyl sites for hydroxylation is 2. The summed E-state index contributed by atoms with van der Waals surface area (Å²) in [6.45, 7) is 4.14. The van der Waals surface area contributed by atoms with Crippen LogP contribution in [0.5, 0.6) is 0 Å². The lowest BCUT2D eigenvalue weighted by Gasteiger charge is -2.21. The first kappa shape index (κ1) is 11.8. The van der Waals surface area contributed by atoms with E-state index < -0.39 is 0 Å². The summed E-state index contributed by atoms with van der Waals surface area (Å²) < 4.78 is 0. The summed E-state index contributed by atoms with van der Waals surface area (Å²) in [4.78, 5) is 12.3. The highest BCUT2D eigenvalue weighted by atomic mass is 16.1. The number of rotatable bonds is 2. The maximum absolute atomic E-state index is 12.3. The van der Waals surface area contributed by atoms with Crippen molar-refractivity contribution in [3.8, 4) is 0 Å². The van der Waals surface area contributed by atoms with E-state index in [9.17, 15) is 4.79 Å². The number of carbonyl (C=O) groups is 1. The van der Waals surface area contributed by atoms with Crippen LogP contribution in [0.4, 0.5) is 5.69 Å². The van der Waals surface area contributed by atoms with E-state index in [1.54, 1.807) is 0 Å². The molecule has 2 aliphatic rings. The quantitative estimate of drug-likeness (QED) is 0.843. The van der Waals surface area contributed by atoms with E-state index in [1.807, 2.05) is 6.07 Å². The number of benzene rings is 1. The van der Waals surface area contributed by atoms with Gasteiger partial charge in [0.25, 0.3) is 0 Å². The number of nitrogens with one attached hydrogen (secondary N) is 1. The average Bonchev–Trinajstić information content (AvgIpc) is 2.94. The van der Waals surface area contributed by atoms with Crippen molar-refractivity contribution in [3.63, 3.8) is 0 Å². The molecule has 2 bridgehead atoms. The van der Waals surface area contributed by atoms with Gasteiger partial charge < -0.3 is 5.32 Å². The summed E-state index contributed by atoms with van der Waals surface area (Å²) in [5.74, 6) is 1.99. The normalized spacial score (nSPS) is 29.6. The molecule has 1 aromatic rings. The zero-order valence-electron chi connectivity index (χ0n) is 11.2. The first-order valence-electron chi connectivity index (χ1n) is 7.01. The van der Waals surface area contributed by atoms with Crippen LogP contribution >= 0.6 is 0 Å². The summed E-state index contributed by atoms with van der Waals surface area (Å²) in [7, 11) is 0. The van der Waals surface area contributed by atoms with Crippen molar-refractivity contribution in [1.29, 1.82) is 0 Å². The fraction of sp³-hybridized carbons (Fsp3) is 0.562. The van der Waals surface area contributed by atoms with Gasteiger partial charge in [0.05, 0.1) is 0 Å². The fourth-order valence-corrected chi connectivity index (χ4v) is 3.75. The second kappa shape index (κ2) is 4.42. The number of amides is 1. The minimum Gasteiger partial charge on any atom is -0.326 e. The van der Waals surface area contributed by atoms with Crippen molar-refractivity contribution in [2.24, 2.45) is 17.8 Å². The fourth-order valence-electron chi connectivity index (χ4n) is 3.75. The van der Waals surface area contributed by atoms with Gasteiger partial charge in [-0.25, -0.2) is 0 Å². The second-order valence-electron chi connectivity index (χ2n) is 6.09. The largest absolute Gasteiger partial charge is 0.326 e. The van der Waals surface area contributed by atoms with E-state index in [1.165, 1.54) is 24.8 Å². The van der Waals surface area contributed by atoms with Crippen LogP contribution in [0.3, 0.4) is 0 Å². The number of hydrogen-bond donors (Lipinski definition) is 1. The summed E-state index contributed by atoms with van der Waals surface area (Å²) >= 11 is 0. The second-order valence-corrected chi connectivity index (χ2v) is 6.09. The Kier molecular flexibility index (Phi) is 2.89. The van der Waals surface area contributed by atoms with Gasteiger partial charge in [0, 0.05) is 11.6 Å². The van der Waals surface area contributed by atoms with Crippen molar-refractivity contribution in [1.82, 2.24) is 0 Å². The lowest BCUT2D eigenvalue weighted by atomic mass is 9.88. The molecule has 2 aliphatic carbocycles. The average molecular weight is 243 g/mol. The van der Waals surface area contributed by atoms with Crippen LogP contribution in [-0.2, 0) is 4.79 Å². The minimum atomic E-state index is 0.245. The molecule has 96 valence electrons. The summed E-state index contributed by atoms with van der Waals surface area (Å²) in [6, 6.07) is 6.20. The molecule has 2 saturated carbocycles. The van der Waals surface area contributed by atoms with E-state index in [4.69, 9.17) is 0 Å². The number of anilines is 1. The van der Waals surface area contributed by atoms with Crippen molar-refractivity contribution < 1.29 is 4.79 Å². The van der Waals surface area contributed by atoms with E-state index in [-0.39, 0.29) is 11.8 Å². The molecule has 3 atom stereocenters. The molecule has 1 N–H and O–H groups in total. The molecule has 3 rings (SSSR count). The lowest BCUT2D eigenvalue weighted by Crippen LogP contribution is -2.27. The molecular weight excluding hydrogens is 222 g/mol. The zero-order valence-corrected chi connectivity index (χ0v) is 11.2. The Morgan fingerprint density at radius 3 is 2.67 bits per heavy atom. The molecule has 0 saturated heterocycles. The molecule has 2 fully saturated rings. The predicted octanol–water partition coefficient (Wildman–Crippen LogP) is 3.68. The van der Waals surface area contributed by atoms with Crippen LogP contribution in [-0.4, -0.2) is 5.91 Å². The monoisotopic (exact) mass is 243 g/mol. The Morgan fingerprint density at radius 1 is 1.22 bits per heavy atom. The van der Waals surface area contributed by atoms with Gasteiger partial charge in [0.2, 0.25) is 5.91 Å². The number of hydrogen-bond acceptors (Lipinski definition) is 1. The summed E-state index contributed by atoms with van der Waals surface area (Å²) in [5.41, 5.74) is 3.38. The molecule has 0 radical (unpaired) electrons. The summed E-state index contributed by atoms with van der Waals surface area (Å²) in [6.07, 6.45) is 5.00. The Balaban J connectivity index is 1.71. The van der Waals surface area contributed by atoms with Gasteiger partial charge in [0.1, 0.15) is 0 Å². The molecule has 18 heavy (non-hydrogen) atoms. The van der Waals surface area contributed by atoms with E-state index in [2.05, 4.69) is 31.3 Å². The summed E-state index contributed by atoms with van der Waals surface area (Å²) in [5, 5.41) is 3.13. The number of fused-ring (bicyclic) bond motifs is 2. The van der Waals surface area contributed by atoms with E-state index in [0.717, 1.165) is 23.6 Å². The molecule has 1 amide bonds. The standard InChI is InChI=1S/C16H21NO/c1-10-3-6-15(11(2)7-10)17-16(18)14-9-12-4-5-13(14)8-12/h3,6-7,12-14H,4-5,8-9H2,1-2H3,(H,17,18)/t12-,13+,14-/m0/s1. The van der Waals surface area contributed by atoms with Gasteiger partial charge in [-0.05, 0) is 56.6 Å². The Hall–Kier alpha value is -1.31. The van der Waals surface area contributed by atoms with E-state index >= 15 is 0 Å². The zero-order chi connectivity index (χ0) is 12.7. The maximum Gasteiger partial charge on any atom is 0.227 e. The molecule has 0 spiro atoms. The van der Waals surface area contributed by atoms with Gasteiger partial charge in [-0.1, -0.05) is 24.1 Å². The van der Waals surface area contributed by atoms with Gasteiger partial charge in [-0.2, -0.15) is 0 Å². The lowest BCUT2D eigenvalue weighted by molar-refractivity contribution is -0.121. The third-order valence-electron chi connectivity index (χ3n) is 4.71. The first-order valence-corrected chi connectivity index (χ1v) is 7.01. The highest BCUT2D eigenvalue weighted by Crippen LogP contribution is 2.48. The molecule has 0 unspecified atom stereocenters. The van der Waals surface area contributed by atoms with Gasteiger partial charge in [-0.15, -0.1) is 0 Å². The van der Waals surface area contributed by atoms with Crippen LogP contribution in [0, 0.1) is 31.6 Å². The number of carbonyl (C=O) groups excluding carboxylic acids is 1. The Bertz CT molecular complexity index is 480. The molecule has 0 aromatic heterocycles. The third kappa shape index (κ3) is 2.05. The smallest absolute Gasteiger partial charge is 0.227 e. The van der Waals surface area contributed by atoms with Gasteiger partial charge in [0.15, 0.2) is 0 Å². The molecule has 0 aliphatic heterocycles. The van der Waals surface area contributed by atoms with Crippen molar-refractivity contribution in [2.45, 2.75) is 39.5 Å². The molecule has 1 aromatic carbocycles. The van der Waals surface area contributed by atoms with Crippen LogP contribution < -0.4 is 5.32 Å². The van der Waals surface area contributed by atoms with Gasteiger partial charge in [-0.3, -0.25) is 4.79 Å². The first-order chi connectivity index (χ1) is 8.63. The highest BCUT2D eigenvalue weighted by molar-refractivity contribution is 5.93. The molecule has 2 nitrogen and oxygen atoms in total. The molecular formula is C16H21NO. The van der Waals surface area contributed by atoms with Gasteiger partial charge >= 0.3 is 0 Å². The van der Waals surface area contributed by atoms with Crippen molar-refractivity contribution >= 4 is 11.6 Å². The van der Waals surface area contributed by atoms with Crippen LogP contribution in [0.1, 0.15) is 36.8 Å². The minimum absolute atomic E-state index is 0.245. The Morgan fingerprint density at radius 2 is 2.06 bits per heavy atom. The predicted molar refractivity (Wildman–Crippen MR) is 73.5 cm³/mol. The molecule has 2 heteroatoms. The maximum atomic E-state index is 12.3. The van der Waals surface area contributed by atoms with Crippen LogP contribution in [0.2, 0.25) is 0 Å². The third-order valence-corrected chi connectivity index (χ3v) is 4.71. The topological polar surface area (TPSA) is 29.1 Å². The molecule has 0 heterocycles. The van der Waals surface area contributed by atoms with Crippen molar-refractivity contribution in [3.05, 3.63) is 29.3 Å². The van der Waals surface area contributed by atoms with Crippen LogP contribution in [0.25, 0.3) is 0 Å². The van der Waals surface area contributed by atoms with E-state index in [0.29, 0.717) is 5.92 Å². The Labute approximate surface area is 109 Å².